The number of aromatic nitrogens is 5. The number of hydrogen-bond donors (Lipinski definition) is 0. The highest BCUT2D eigenvalue weighted by Gasteiger charge is 2.28. The standard InChI is InChI=1S/C29H24N6OS/c1-33-26(21-9-11-24(12-10-21)34-15-14-30-19-34)18-32-29(33)25(17-23-7-4-5-13-31-23)35(20-36)28-16-22-6-2-3-8-27(22)37-28/h2-16,18-20,25H,17H2,1H3/t25-/m0/s1. The quantitative estimate of drug-likeness (QED) is 0.245. The van der Waals surface area contributed by atoms with Crippen molar-refractivity contribution in [3.05, 3.63) is 115 Å². The Morgan fingerprint density at radius 1 is 1.00 bits per heavy atom. The van der Waals surface area contributed by atoms with E-state index in [0.717, 1.165) is 50.0 Å². The van der Waals surface area contributed by atoms with Crippen LogP contribution in [0.15, 0.2) is 104 Å². The summed E-state index contributed by atoms with van der Waals surface area (Å²) < 4.78 is 5.18. The third-order valence-electron chi connectivity index (χ3n) is 6.53. The van der Waals surface area contributed by atoms with Gasteiger partial charge in [0.1, 0.15) is 11.9 Å². The largest absolute Gasteiger partial charge is 0.329 e. The van der Waals surface area contributed by atoms with Gasteiger partial charge in [-0.05, 0) is 47.3 Å². The van der Waals surface area contributed by atoms with Crippen molar-refractivity contribution in [1.29, 1.82) is 0 Å². The van der Waals surface area contributed by atoms with Crippen LogP contribution in [0, 0.1) is 0 Å². The third kappa shape index (κ3) is 4.43. The van der Waals surface area contributed by atoms with E-state index in [-0.39, 0.29) is 6.04 Å². The summed E-state index contributed by atoms with van der Waals surface area (Å²) in [5.41, 5.74) is 3.95. The summed E-state index contributed by atoms with van der Waals surface area (Å²) in [6.45, 7) is 0. The molecule has 0 N–H and O–H groups in total. The fourth-order valence-corrected chi connectivity index (χ4v) is 5.70. The van der Waals surface area contributed by atoms with Gasteiger partial charge in [-0.15, -0.1) is 11.3 Å². The highest BCUT2D eigenvalue weighted by Crippen LogP contribution is 2.37. The number of carbonyl (C=O) groups is 1. The van der Waals surface area contributed by atoms with E-state index in [1.807, 2.05) is 54.3 Å². The lowest BCUT2D eigenvalue weighted by Gasteiger charge is -2.27. The number of nitrogens with zero attached hydrogens (tertiary/aromatic N) is 6. The molecule has 1 atom stereocenters. The van der Waals surface area contributed by atoms with Gasteiger partial charge in [0.05, 0.1) is 23.2 Å². The molecule has 0 saturated heterocycles. The molecule has 182 valence electrons. The molecule has 6 rings (SSSR count). The lowest BCUT2D eigenvalue weighted by Crippen LogP contribution is -2.30. The van der Waals surface area contributed by atoms with Crippen molar-refractivity contribution >= 4 is 32.8 Å². The van der Waals surface area contributed by atoms with Crippen LogP contribution in [0.2, 0.25) is 0 Å². The predicted octanol–water partition coefficient (Wildman–Crippen LogP) is 5.83. The molecule has 0 aliphatic heterocycles. The summed E-state index contributed by atoms with van der Waals surface area (Å²) in [6, 6.07) is 24.0. The normalized spacial score (nSPS) is 12.0. The number of imidazole rings is 2. The van der Waals surface area contributed by atoms with E-state index in [2.05, 4.69) is 57.0 Å². The monoisotopic (exact) mass is 504 g/mol. The molecule has 8 heteroatoms. The van der Waals surface area contributed by atoms with Gasteiger partial charge in [-0.2, -0.15) is 0 Å². The number of amides is 1. The van der Waals surface area contributed by atoms with Crippen molar-refractivity contribution in [3.8, 4) is 16.9 Å². The topological polar surface area (TPSA) is 68.8 Å². The molecule has 4 heterocycles. The Balaban J connectivity index is 1.39. The molecule has 7 nitrogen and oxygen atoms in total. The van der Waals surface area contributed by atoms with Gasteiger partial charge < -0.3 is 9.13 Å². The van der Waals surface area contributed by atoms with Gasteiger partial charge in [0.25, 0.3) is 0 Å². The van der Waals surface area contributed by atoms with Crippen LogP contribution in [0.5, 0.6) is 0 Å². The van der Waals surface area contributed by atoms with E-state index in [0.29, 0.717) is 6.42 Å². The average Bonchev–Trinajstić information content (AvgIpc) is 3.69. The molecule has 0 radical (unpaired) electrons. The van der Waals surface area contributed by atoms with E-state index < -0.39 is 0 Å². The fraction of sp³-hybridized carbons (Fsp3) is 0.103. The molecule has 2 aromatic carbocycles. The van der Waals surface area contributed by atoms with Crippen molar-refractivity contribution < 1.29 is 4.79 Å². The zero-order valence-corrected chi connectivity index (χ0v) is 21.0. The zero-order valence-electron chi connectivity index (χ0n) is 20.2. The Hall–Kier alpha value is -4.56. The van der Waals surface area contributed by atoms with Crippen molar-refractivity contribution in [2.45, 2.75) is 12.5 Å². The van der Waals surface area contributed by atoms with Crippen LogP contribution < -0.4 is 4.90 Å². The first-order valence-corrected chi connectivity index (χ1v) is 12.8. The van der Waals surface area contributed by atoms with Crippen LogP contribution >= 0.6 is 11.3 Å². The highest BCUT2D eigenvalue weighted by molar-refractivity contribution is 7.23. The van der Waals surface area contributed by atoms with Crippen LogP contribution in [-0.4, -0.2) is 30.5 Å². The fourth-order valence-electron chi connectivity index (χ4n) is 4.62. The second-order valence-electron chi connectivity index (χ2n) is 8.75. The number of carbonyl (C=O) groups excluding carboxylic acids is 1. The maximum Gasteiger partial charge on any atom is 0.215 e. The number of rotatable bonds is 8. The van der Waals surface area contributed by atoms with E-state index in [9.17, 15) is 4.79 Å². The molecule has 0 aliphatic carbocycles. The summed E-state index contributed by atoms with van der Waals surface area (Å²) in [7, 11) is 2.00. The van der Waals surface area contributed by atoms with E-state index >= 15 is 0 Å². The van der Waals surface area contributed by atoms with Gasteiger partial charge in [0.2, 0.25) is 6.41 Å². The number of pyridine rings is 1. The molecule has 0 fully saturated rings. The second-order valence-corrected chi connectivity index (χ2v) is 9.82. The predicted molar refractivity (Wildman–Crippen MR) is 147 cm³/mol. The molecule has 6 aromatic rings. The van der Waals surface area contributed by atoms with Gasteiger partial charge in [0.15, 0.2) is 0 Å². The van der Waals surface area contributed by atoms with Crippen molar-refractivity contribution in [2.24, 2.45) is 7.05 Å². The molecule has 0 bridgehead atoms. The lowest BCUT2D eigenvalue weighted by atomic mass is 10.1. The summed E-state index contributed by atoms with van der Waals surface area (Å²) in [5.74, 6) is 0.795. The molecule has 0 aliphatic rings. The number of benzene rings is 2. The smallest absolute Gasteiger partial charge is 0.215 e. The van der Waals surface area contributed by atoms with Crippen LogP contribution in [0.25, 0.3) is 27.0 Å². The van der Waals surface area contributed by atoms with Crippen molar-refractivity contribution in [3.63, 3.8) is 0 Å². The number of anilines is 1. The summed E-state index contributed by atoms with van der Waals surface area (Å²) >= 11 is 1.60. The summed E-state index contributed by atoms with van der Waals surface area (Å²) in [6.07, 6.45) is 10.6. The Kier molecular flexibility index (Phi) is 6.08. The Morgan fingerprint density at radius 2 is 1.84 bits per heavy atom. The maximum absolute atomic E-state index is 12.6. The van der Waals surface area contributed by atoms with Gasteiger partial charge in [-0.25, -0.2) is 9.97 Å². The minimum Gasteiger partial charge on any atom is -0.329 e. The van der Waals surface area contributed by atoms with Crippen LogP contribution in [0.4, 0.5) is 5.00 Å². The maximum atomic E-state index is 12.6. The first-order chi connectivity index (χ1) is 18.2. The van der Waals surface area contributed by atoms with Crippen molar-refractivity contribution in [1.82, 2.24) is 24.1 Å². The molecule has 4 aromatic heterocycles. The molecule has 0 spiro atoms. The number of fused-ring (bicyclic) bond motifs is 1. The van der Waals surface area contributed by atoms with Crippen LogP contribution in [0.1, 0.15) is 17.6 Å². The molecular formula is C29H24N6OS. The second kappa shape index (κ2) is 9.83. The minimum absolute atomic E-state index is 0.329. The average molecular weight is 505 g/mol. The number of hydrogen-bond acceptors (Lipinski definition) is 5. The molecule has 37 heavy (non-hydrogen) atoms. The van der Waals surface area contributed by atoms with E-state index in [1.54, 1.807) is 35.0 Å². The molecule has 0 saturated carbocycles. The van der Waals surface area contributed by atoms with E-state index in [4.69, 9.17) is 4.98 Å². The van der Waals surface area contributed by atoms with Gasteiger partial charge >= 0.3 is 0 Å². The lowest BCUT2D eigenvalue weighted by molar-refractivity contribution is -0.107. The number of thiophene rings is 1. The van der Waals surface area contributed by atoms with Crippen LogP contribution in [-0.2, 0) is 18.3 Å². The van der Waals surface area contributed by atoms with Gasteiger partial charge in [-0.1, -0.05) is 36.4 Å². The Labute approximate surface area is 218 Å². The zero-order chi connectivity index (χ0) is 25.2. The first kappa shape index (κ1) is 22.9. The molecule has 0 unspecified atom stereocenters. The first-order valence-electron chi connectivity index (χ1n) is 11.9. The Bertz CT molecular complexity index is 1600. The Morgan fingerprint density at radius 3 is 2.57 bits per heavy atom. The SMILES string of the molecule is Cn1c(-c2ccc(-n3ccnc3)cc2)cnc1[C@H](Cc1ccccn1)N(C=O)c1cc2ccccc2s1. The van der Waals surface area contributed by atoms with Gasteiger partial charge in [-0.3, -0.25) is 14.7 Å². The van der Waals surface area contributed by atoms with Gasteiger partial charge in [0, 0.05) is 48.1 Å². The summed E-state index contributed by atoms with van der Waals surface area (Å²) in [4.78, 5) is 27.9. The summed E-state index contributed by atoms with van der Waals surface area (Å²) in [5, 5.41) is 2.00. The van der Waals surface area contributed by atoms with Crippen molar-refractivity contribution in [2.75, 3.05) is 4.90 Å². The molecular weight excluding hydrogens is 480 g/mol. The molecule has 1 amide bonds. The minimum atomic E-state index is -0.329. The van der Waals surface area contributed by atoms with Crippen LogP contribution in [0.3, 0.4) is 0 Å². The third-order valence-corrected chi connectivity index (χ3v) is 7.66. The van der Waals surface area contributed by atoms with E-state index in [1.165, 1.54) is 0 Å². The highest BCUT2D eigenvalue weighted by atomic mass is 32.1.